The fraction of sp³-hybridized carbons (Fsp3) is 0.179. The predicted octanol–water partition coefficient (Wildman–Crippen LogP) is 7.86. The van der Waals surface area contributed by atoms with Gasteiger partial charge in [0.15, 0.2) is 0 Å². The maximum absolute atomic E-state index is 12.9. The van der Waals surface area contributed by atoms with Gasteiger partial charge in [-0.15, -0.1) is 0 Å². The SMILES string of the molecule is COc1cccc(C2CCN(c3ccc(-c4cn[nH]c4)cc3)C2=O)c1.O=C1C(c2ccc(Cl)cc2)CCN1c1ccc(-c2cn[nH]c2)cc1. The molecule has 2 amide bonds. The van der Waals surface area contributed by atoms with E-state index in [0.717, 1.165) is 76.4 Å². The minimum atomic E-state index is -0.108. The quantitative estimate of drug-likeness (QED) is 0.180. The molecule has 2 fully saturated rings. The number of carbonyl (C=O) groups is 2. The van der Waals surface area contributed by atoms with Crippen LogP contribution in [0.4, 0.5) is 11.4 Å². The molecule has 49 heavy (non-hydrogen) atoms. The molecule has 6 aromatic rings. The maximum atomic E-state index is 12.9. The zero-order chi connectivity index (χ0) is 33.7. The van der Waals surface area contributed by atoms with Crippen molar-refractivity contribution in [2.24, 2.45) is 0 Å². The normalized spacial score (nSPS) is 17.3. The minimum absolute atomic E-state index is 0.0872. The molecule has 10 heteroatoms. The molecule has 2 N–H and O–H groups in total. The average molecular weight is 671 g/mol. The summed E-state index contributed by atoms with van der Waals surface area (Å²) in [6.45, 7) is 1.46. The molecule has 2 aliphatic rings. The van der Waals surface area contributed by atoms with Gasteiger partial charge in [0.1, 0.15) is 5.75 Å². The van der Waals surface area contributed by atoms with Crippen LogP contribution in [-0.2, 0) is 9.59 Å². The van der Waals surface area contributed by atoms with Crippen LogP contribution in [0, 0.1) is 0 Å². The van der Waals surface area contributed by atoms with E-state index in [1.165, 1.54) is 0 Å². The summed E-state index contributed by atoms with van der Waals surface area (Å²) >= 11 is 5.93. The summed E-state index contributed by atoms with van der Waals surface area (Å²) < 4.78 is 5.28. The number of methoxy groups -OCH3 is 1. The number of nitrogens with zero attached hydrogens (tertiary/aromatic N) is 4. The highest BCUT2D eigenvalue weighted by Crippen LogP contribution is 2.35. The Balaban J connectivity index is 0.000000154. The summed E-state index contributed by atoms with van der Waals surface area (Å²) in [7, 11) is 1.64. The number of aromatic nitrogens is 4. The second-order valence-corrected chi connectivity index (χ2v) is 12.5. The van der Waals surface area contributed by atoms with Crippen molar-refractivity contribution < 1.29 is 14.3 Å². The van der Waals surface area contributed by atoms with Crippen molar-refractivity contribution in [3.8, 4) is 28.0 Å². The van der Waals surface area contributed by atoms with Crippen LogP contribution in [0.25, 0.3) is 22.3 Å². The van der Waals surface area contributed by atoms with Gasteiger partial charge in [0.05, 0.1) is 31.3 Å². The minimum Gasteiger partial charge on any atom is -0.497 e. The maximum Gasteiger partial charge on any atom is 0.234 e. The van der Waals surface area contributed by atoms with E-state index in [1.807, 2.05) is 119 Å². The largest absolute Gasteiger partial charge is 0.497 e. The van der Waals surface area contributed by atoms with Crippen LogP contribution in [0.1, 0.15) is 35.8 Å². The Morgan fingerprint density at radius 3 is 1.63 bits per heavy atom. The number of anilines is 2. The van der Waals surface area contributed by atoms with Crippen LogP contribution >= 0.6 is 11.6 Å². The number of halogens is 1. The van der Waals surface area contributed by atoms with E-state index in [-0.39, 0.29) is 23.7 Å². The highest BCUT2D eigenvalue weighted by Gasteiger charge is 2.34. The molecule has 4 aromatic carbocycles. The summed E-state index contributed by atoms with van der Waals surface area (Å²) in [5.41, 5.74) is 8.14. The lowest BCUT2D eigenvalue weighted by Crippen LogP contribution is -2.26. The van der Waals surface area contributed by atoms with Crippen LogP contribution < -0.4 is 14.5 Å². The van der Waals surface area contributed by atoms with Gasteiger partial charge in [0, 0.05) is 53.0 Å². The summed E-state index contributed by atoms with van der Waals surface area (Å²) in [4.78, 5) is 29.4. The third kappa shape index (κ3) is 6.84. The molecule has 0 radical (unpaired) electrons. The number of hydrogen-bond acceptors (Lipinski definition) is 5. The number of carbonyl (C=O) groups excluding carboxylic acids is 2. The molecular weight excluding hydrogens is 636 g/mol. The smallest absolute Gasteiger partial charge is 0.234 e. The van der Waals surface area contributed by atoms with E-state index in [4.69, 9.17) is 16.3 Å². The molecule has 0 aliphatic carbocycles. The number of nitrogens with one attached hydrogen (secondary N) is 2. The number of hydrogen-bond donors (Lipinski definition) is 2. The highest BCUT2D eigenvalue weighted by molar-refractivity contribution is 6.30. The Labute approximate surface area is 289 Å². The molecule has 2 unspecified atom stereocenters. The third-order valence-corrected chi connectivity index (χ3v) is 9.45. The van der Waals surface area contributed by atoms with Crippen molar-refractivity contribution in [2.45, 2.75) is 24.7 Å². The number of amides is 2. The average Bonchev–Trinajstić information content (AvgIpc) is 3.98. The first-order valence-electron chi connectivity index (χ1n) is 16.2. The number of H-pyrrole nitrogens is 2. The molecular formula is C39H35ClN6O3. The lowest BCUT2D eigenvalue weighted by Gasteiger charge is -2.17. The first-order valence-corrected chi connectivity index (χ1v) is 16.6. The molecule has 9 nitrogen and oxygen atoms in total. The Hall–Kier alpha value is -5.67. The molecule has 2 atom stereocenters. The molecule has 2 aromatic heterocycles. The number of aromatic amines is 2. The van der Waals surface area contributed by atoms with Gasteiger partial charge in [0.25, 0.3) is 0 Å². The number of rotatable bonds is 7. The zero-order valence-electron chi connectivity index (χ0n) is 26.9. The van der Waals surface area contributed by atoms with Crippen molar-refractivity contribution >= 4 is 34.8 Å². The second-order valence-electron chi connectivity index (χ2n) is 12.1. The molecule has 8 rings (SSSR count). The van der Waals surface area contributed by atoms with Crippen molar-refractivity contribution in [2.75, 3.05) is 30.0 Å². The first kappa shape index (κ1) is 31.9. The molecule has 0 saturated carbocycles. The van der Waals surface area contributed by atoms with E-state index in [1.54, 1.807) is 19.5 Å². The standard InChI is InChI=1S/C20H19N3O2.C19H16ClN3O/c1-25-18-4-2-3-15(11-18)19-9-10-23(20(19)24)17-7-5-14(6-8-17)16-12-21-22-13-16;20-16-5-1-14(2-6-16)18-9-10-23(19(18)24)17-7-3-13(4-8-17)15-11-21-22-12-15/h2-8,11-13,19H,9-10H2,1H3,(H,21,22);1-8,11-12,18H,9-10H2,(H,21,22). The zero-order valence-corrected chi connectivity index (χ0v) is 27.7. The first-order chi connectivity index (χ1) is 24.0. The van der Waals surface area contributed by atoms with Crippen molar-refractivity contribution in [1.82, 2.24) is 20.4 Å². The third-order valence-electron chi connectivity index (χ3n) is 9.20. The Kier molecular flexibility index (Phi) is 9.25. The van der Waals surface area contributed by atoms with Gasteiger partial charge >= 0.3 is 0 Å². The Bertz CT molecular complexity index is 2010. The number of ether oxygens (including phenoxy) is 1. The lowest BCUT2D eigenvalue weighted by molar-refractivity contribution is -0.119. The van der Waals surface area contributed by atoms with Crippen molar-refractivity contribution in [3.05, 3.63) is 138 Å². The fourth-order valence-electron chi connectivity index (χ4n) is 6.53. The molecule has 246 valence electrons. The van der Waals surface area contributed by atoms with E-state index in [2.05, 4.69) is 20.4 Å². The Morgan fingerprint density at radius 2 is 1.16 bits per heavy atom. The molecule has 4 heterocycles. The van der Waals surface area contributed by atoms with Crippen LogP contribution in [0.2, 0.25) is 5.02 Å². The van der Waals surface area contributed by atoms with E-state index in [0.29, 0.717) is 5.02 Å². The monoisotopic (exact) mass is 670 g/mol. The van der Waals surface area contributed by atoms with Gasteiger partial charge in [-0.3, -0.25) is 19.8 Å². The highest BCUT2D eigenvalue weighted by atomic mass is 35.5. The van der Waals surface area contributed by atoms with Crippen molar-refractivity contribution in [1.29, 1.82) is 0 Å². The lowest BCUT2D eigenvalue weighted by atomic mass is 9.97. The van der Waals surface area contributed by atoms with Gasteiger partial charge < -0.3 is 14.5 Å². The second kappa shape index (κ2) is 14.2. The van der Waals surface area contributed by atoms with Gasteiger partial charge in [-0.1, -0.05) is 60.1 Å². The molecule has 2 saturated heterocycles. The summed E-state index contributed by atoms with van der Waals surface area (Å²) in [5.74, 6) is 0.880. The molecule has 0 spiro atoms. The topological polar surface area (TPSA) is 107 Å². The van der Waals surface area contributed by atoms with Crippen LogP contribution in [-0.4, -0.2) is 52.4 Å². The summed E-state index contributed by atoms with van der Waals surface area (Å²) in [5, 5.41) is 14.2. The fourth-order valence-corrected chi connectivity index (χ4v) is 6.66. The van der Waals surface area contributed by atoms with E-state index < -0.39 is 0 Å². The van der Waals surface area contributed by atoms with Crippen LogP contribution in [0.3, 0.4) is 0 Å². The van der Waals surface area contributed by atoms with Gasteiger partial charge in [-0.05, 0) is 83.6 Å². The molecule has 2 aliphatic heterocycles. The van der Waals surface area contributed by atoms with Gasteiger partial charge in [-0.2, -0.15) is 10.2 Å². The van der Waals surface area contributed by atoms with E-state index in [9.17, 15) is 9.59 Å². The van der Waals surface area contributed by atoms with Crippen LogP contribution in [0.5, 0.6) is 5.75 Å². The van der Waals surface area contributed by atoms with E-state index >= 15 is 0 Å². The number of benzene rings is 4. The Morgan fingerprint density at radius 1 is 0.653 bits per heavy atom. The van der Waals surface area contributed by atoms with Crippen LogP contribution in [0.15, 0.2) is 122 Å². The summed E-state index contributed by atoms with van der Waals surface area (Å²) in [6, 6.07) is 31.4. The summed E-state index contributed by atoms with van der Waals surface area (Å²) in [6.07, 6.45) is 8.92. The van der Waals surface area contributed by atoms with Crippen molar-refractivity contribution in [3.63, 3.8) is 0 Å². The van der Waals surface area contributed by atoms with Gasteiger partial charge in [0.2, 0.25) is 11.8 Å². The molecule has 0 bridgehead atoms. The predicted molar refractivity (Wildman–Crippen MR) is 192 cm³/mol. The van der Waals surface area contributed by atoms with Gasteiger partial charge in [-0.25, -0.2) is 0 Å².